The Balaban J connectivity index is 2.42. The first kappa shape index (κ1) is 19.1. The van der Waals surface area contributed by atoms with Crippen LogP contribution in [0.4, 0.5) is 18.0 Å². The number of halogens is 3. The Morgan fingerprint density at radius 2 is 2.00 bits per heavy atom. The molecule has 0 aromatic carbocycles. The van der Waals surface area contributed by atoms with E-state index in [0.29, 0.717) is 13.1 Å². The Morgan fingerprint density at radius 3 is 2.55 bits per heavy atom. The summed E-state index contributed by atoms with van der Waals surface area (Å²) in [5.74, 6) is 0.148. The monoisotopic (exact) mass is 324 g/mol. The van der Waals surface area contributed by atoms with E-state index in [1.54, 1.807) is 20.8 Å². The molecule has 22 heavy (non-hydrogen) atoms. The number of nitrogens with zero attached hydrogens (tertiary/aromatic N) is 1. The summed E-state index contributed by atoms with van der Waals surface area (Å²) >= 11 is 0. The highest BCUT2D eigenvalue weighted by Gasteiger charge is 2.31. The lowest BCUT2D eigenvalue weighted by Gasteiger charge is -2.36. The maximum Gasteiger partial charge on any atom is 0.407 e. The summed E-state index contributed by atoms with van der Waals surface area (Å²) in [5, 5.41) is 2.79. The summed E-state index contributed by atoms with van der Waals surface area (Å²) in [4.78, 5) is 13.6. The summed E-state index contributed by atoms with van der Waals surface area (Å²) in [6, 6.07) is -0.122. The highest BCUT2D eigenvalue weighted by Crippen LogP contribution is 2.24. The van der Waals surface area contributed by atoms with Crippen LogP contribution < -0.4 is 5.32 Å². The van der Waals surface area contributed by atoms with Crippen molar-refractivity contribution >= 4 is 6.09 Å². The third-order valence-electron chi connectivity index (χ3n) is 3.70. The Morgan fingerprint density at radius 1 is 1.36 bits per heavy atom. The number of alkyl halides is 3. The molecule has 0 spiro atoms. The van der Waals surface area contributed by atoms with Crippen molar-refractivity contribution in [3.63, 3.8) is 0 Å². The van der Waals surface area contributed by atoms with E-state index in [4.69, 9.17) is 4.74 Å². The highest BCUT2D eigenvalue weighted by atomic mass is 19.4. The molecule has 7 heteroatoms. The van der Waals surface area contributed by atoms with Crippen molar-refractivity contribution in [3.8, 4) is 0 Å². The molecule has 0 saturated carbocycles. The van der Waals surface area contributed by atoms with E-state index in [-0.39, 0.29) is 18.5 Å². The fourth-order valence-corrected chi connectivity index (χ4v) is 2.60. The molecule has 1 saturated heterocycles. The Bertz CT molecular complexity index is 367. The van der Waals surface area contributed by atoms with E-state index in [2.05, 4.69) is 5.32 Å². The number of amides is 1. The molecule has 4 nitrogen and oxygen atoms in total. The number of carbonyl (C=O) groups is 1. The number of piperidine rings is 1. The number of rotatable bonds is 4. The zero-order valence-corrected chi connectivity index (χ0v) is 13.8. The number of ether oxygens (including phenoxy) is 1. The fourth-order valence-electron chi connectivity index (χ4n) is 2.60. The second kappa shape index (κ2) is 7.53. The van der Waals surface area contributed by atoms with Gasteiger partial charge in [-0.3, -0.25) is 0 Å². The van der Waals surface area contributed by atoms with Crippen molar-refractivity contribution in [1.82, 2.24) is 10.2 Å². The zero-order valence-electron chi connectivity index (χ0n) is 13.8. The molecule has 2 atom stereocenters. The molecule has 2 unspecified atom stereocenters. The van der Waals surface area contributed by atoms with E-state index in [1.165, 1.54) is 0 Å². The lowest BCUT2D eigenvalue weighted by molar-refractivity contribution is -0.138. The van der Waals surface area contributed by atoms with Crippen LogP contribution in [0.1, 0.15) is 47.0 Å². The maximum absolute atomic E-state index is 12.3. The van der Waals surface area contributed by atoms with Gasteiger partial charge < -0.3 is 15.0 Å². The summed E-state index contributed by atoms with van der Waals surface area (Å²) in [6.45, 7) is 8.53. The average Bonchev–Trinajstić information content (AvgIpc) is 2.33. The van der Waals surface area contributed by atoms with Crippen LogP contribution in [0.15, 0.2) is 0 Å². The number of hydrogen-bond donors (Lipinski definition) is 1. The van der Waals surface area contributed by atoms with E-state index < -0.39 is 24.3 Å². The molecule has 1 aliphatic heterocycles. The summed E-state index contributed by atoms with van der Waals surface area (Å²) in [7, 11) is 0. The molecule has 1 rings (SSSR count). The fraction of sp³-hybridized carbons (Fsp3) is 0.933. The molecule has 1 aliphatic rings. The first-order valence-electron chi connectivity index (χ1n) is 7.75. The van der Waals surface area contributed by atoms with Gasteiger partial charge in [0, 0.05) is 19.1 Å². The standard InChI is InChI=1S/C15H27F3N2O2/c1-11(19-13(21)22-14(2,3)4)12-6-5-8-20(10-12)9-7-15(16,17)18/h11-12H,5-10H2,1-4H3,(H,19,21). The van der Waals surface area contributed by atoms with Crippen LogP contribution in [0, 0.1) is 5.92 Å². The van der Waals surface area contributed by atoms with Gasteiger partial charge >= 0.3 is 12.3 Å². The first-order chi connectivity index (χ1) is 9.96. The molecule has 0 aromatic rings. The molecule has 1 fully saturated rings. The van der Waals surface area contributed by atoms with Crippen molar-refractivity contribution < 1.29 is 22.7 Å². The molecule has 1 amide bonds. The van der Waals surface area contributed by atoms with Gasteiger partial charge in [0.15, 0.2) is 0 Å². The van der Waals surface area contributed by atoms with Crippen LogP contribution in [0.5, 0.6) is 0 Å². The van der Waals surface area contributed by atoms with Crippen molar-refractivity contribution in [2.45, 2.75) is 64.8 Å². The van der Waals surface area contributed by atoms with Crippen LogP contribution >= 0.6 is 0 Å². The van der Waals surface area contributed by atoms with Crippen molar-refractivity contribution in [2.75, 3.05) is 19.6 Å². The van der Waals surface area contributed by atoms with Crippen molar-refractivity contribution in [3.05, 3.63) is 0 Å². The van der Waals surface area contributed by atoms with Gasteiger partial charge in [-0.2, -0.15) is 13.2 Å². The number of carbonyl (C=O) groups excluding carboxylic acids is 1. The molecule has 0 bridgehead atoms. The minimum Gasteiger partial charge on any atom is -0.444 e. The minimum atomic E-state index is -4.12. The van der Waals surface area contributed by atoms with Gasteiger partial charge in [-0.15, -0.1) is 0 Å². The molecular formula is C15H27F3N2O2. The third-order valence-corrected chi connectivity index (χ3v) is 3.70. The summed E-state index contributed by atoms with van der Waals surface area (Å²) in [6.07, 6.45) is -3.63. The van der Waals surface area contributed by atoms with Crippen LogP contribution in [-0.2, 0) is 4.74 Å². The van der Waals surface area contributed by atoms with Gasteiger partial charge in [-0.1, -0.05) is 0 Å². The summed E-state index contributed by atoms with van der Waals surface area (Å²) in [5.41, 5.74) is -0.560. The van der Waals surface area contributed by atoms with E-state index in [0.717, 1.165) is 12.8 Å². The third kappa shape index (κ3) is 7.87. The second-order valence-electron chi connectivity index (χ2n) is 7.00. The SMILES string of the molecule is CC(NC(=O)OC(C)(C)C)C1CCCN(CCC(F)(F)F)C1. The minimum absolute atomic E-state index is 0.0269. The molecule has 1 N–H and O–H groups in total. The van der Waals surface area contributed by atoms with Gasteiger partial charge in [0.25, 0.3) is 0 Å². The van der Waals surface area contributed by atoms with Crippen molar-refractivity contribution in [2.24, 2.45) is 5.92 Å². The van der Waals surface area contributed by atoms with Gasteiger partial charge in [0.2, 0.25) is 0 Å². The Kier molecular flexibility index (Phi) is 6.52. The largest absolute Gasteiger partial charge is 0.444 e. The predicted molar refractivity (Wildman–Crippen MR) is 78.7 cm³/mol. The van der Waals surface area contributed by atoms with Crippen LogP contribution in [0.2, 0.25) is 0 Å². The van der Waals surface area contributed by atoms with E-state index >= 15 is 0 Å². The molecule has 0 aromatic heterocycles. The highest BCUT2D eigenvalue weighted by molar-refractivity contribution is 5.68. The quantitative estimate of drug-likeness (QED) is 0.859. The molecule has 0 aliphatic carbocycles. The van der Waals surface area contributed by atoms with E-state index in [1.807, 2.05) is 11.8 Å². The number of hydrogen-bond acceptors (Lipinski definition) is 3. The Labute approximate surface area is 130 Å². The average molecular weight is 324 g/mol. The van der Waals surface area contributed by atoms with E-state index in [9.17, 15) is 18.0 Å². The number of likely N-dealkylation sites (tertiary alicyclic amines) is 1. The predicted octanol–water partition coefficient (Wildman–Crippen LogP) is 3.56. The number of nitrogens with one attached hydrogen (secondary N) is 1. The van der Waals surface area contributed by atoms with Gasteiger partial charge in [-0.25, -0.2) is 4.79 Å². The lowest BCUT2D eigenvalue weighted by Crippen LogP contribution is -2.47. The first-order valence-corrected chi connectivity index (χ1v) is 7.75. The molecule has 0 radical (unpaired) electrons. The van der Waals surface area contributed by atoms with Gasteiger partial charge in [-0.05, 0) is 53.0 Å². The Hall–Kier alpha value is -0.980. The van der Waals surface area contributed by atoms with Crippen LogP contribution in [-0.4, -0.2) is 48.4 Å². The topological polar surface area (TPSA) is 41.6 Å². The van der Waals surface area contributed by atoms with Crippen LogP contribution in [0.3, 0.4) is 0 Å². The lowest BCUT2D eigenvalue weighted by atomic mass is 9.91. The smallest absolute Gasteiger partial charge is 0.407 e. The van der Waals surface area contributed by atoms with Gasteiger partial charge in [0.1, 0.15) is 5.60 Å². The van der Waals surface area contributed by atoms with Crippen LogP contribution in [0.25, 0.3) is 0 Å². The summed E-state index contributed by atoms with van der Waals surface area (Å²) < 4.78 is 42.1. The molecular weight excluding hydrogens is 297 g/mol. The number of alkyl carbamates (subject to hydrolysis) is 1. The van der Waals surface area contributed by atoms with Gasteiger partial charge in [0.05, 0.1) is 6.42 Å². The second-order valence-corrected chi connectivity index (χ2v) is 7.00. The molecule has 1 heterocycles. The molecule has 130 valence electrons. The maximum atomic E-state index is 12.3. The normalized spacial score (nSPS) is 22.2. The van der Waals surface area contributed by atoms with Crippen molar-refractivity contribution in [1.29, 1.82) is 0 Å². The zero-order chi connectivity index (χ0) is 17.0.